The average molecular weight is 643 g/mol. The van der Waals surface area contributed by atoms with Crippen LogP contribution in [-0.2, 0) is 0 Å². The van der Waals surface area contributed by atoms with E-state index in [0.717, 1.165) is 17.1 Å². The Hall–Kier alpha value is -6.16. The molecule has 0 bridgehead atoms. The number of fused-ring (bicyclic) bond motifs is 8. The third-order valence-corrected chi connectivity index (χ3v) is 11.0. The first-order valence-corrected chi connectivity index (χ1v) is 17.5. The fourth-order valence-corrected chi connectivity index (χ4v) is 8.89. The predicted molar refractivity (Wildman–Crippen MR) is 211 cm³/mol. The smallest absolute Gasteiger partial charge is 0.0562 e. The quantitative estimate of drug-likeness (QED) is 0.181. The second-order valence-electron chi connectivity index (χ2n) is 12.5. The van der Waals surface area contributed by atoms with Crippen LogP contribution in [0.1, 0.15) is 0 Å². The Bertz CT molecular complexity index is 2830. The van der Waals surface area contributed by atoms with Gasteiger partial charge in [0.25, 0.3) is 0 Å². The van der Waals surface area contributed by atoms with Crippen LogP contribution >= 0.6 is 11.3 Å². The lowest BCUT2D eigenvalue weighted by Crippen LogP contribution is -2.11. The topological polar surface area (TPSA) is 8.17 Å². The Kier molecular flexibility index (Phi) is 6.39. The van der Waals surface area contributed by atoms with Crippen molar-refractivity contribution in [1.82, 2.24) is 4.57 Å². The second kappa shape index (κ2) is 11.2. The average Bonchev–Trinajstić information content (AvgIpc) is 3.73. The summed E-state index contributed by atoms with van der Waals surface area (Å²) >= 11 is 1.89. The van der Waals surface area contributed by atoms with Crippen LogP contribution in [0.3, 0.4) is 0 Å². The van der Waals surface area contributed by atoms with Crippen molar-refractivity contribution in [1.29, 1.82) is 0 Å². The molecular formula is C46H30N2S. The zero-order valence-corrected chi connectivity index (χ0v) is 27.4. The van der Waals surface area contributed by atoms with Gasteiger partial charge in [-0.05, 0) is 76.5 Å². The molecule has 8 aromatic carbocycles. The van der Waals surface area contributed by atoms with Crippen molar-refractivity contribution in [2.45, 2.75) is 0 Å². The SMILES string of the molecule is c1ccc(-c2cccc(N(c3cccc4sc5c6ccccc6ccc5c34)c3cccc4c3c3ccccc3n4-c3ccccc3)c2)cc1. The summed E-state index contributed by atoms with van der Waals surface area (Å²) in [7, 11) is 0. The lowest BCUT2D eigenvalue weighted by Gasteiger charge is -2.28. The Morgan fingerprint density at radius 1 is 0.429 bits per heavy atom. The summed E-state index contributed by atoms with van der Waals surface area (Å²) in [5, 5.41) is 7.61. The molecule has 0 radical (unpaired) electrons. The minimum absolute atomic E-state index is 1.12. The van der Waals surface area contributed by atoms with Gasteiger partial charge in [0.2, 0.25) is 0 Å². The summed E-state index contributed by atoms with van der Waals surface area (Å²) in [4.78, 5) is 2.50. The van der Waals surface area contributed by atoms with Crippen LogP contribution in [0.15, 0.2) is 182 Å². The molecule has 2 nitrogen and oxygen atoms in total. The maximum Gasteiger partial charge on any atom is 0.0562 e. The number of benzene rings is 8. The predicted octanol–water partition coefficient (Wildman–Crippen LogP) is 13.4. The highest BCUT2D eigenvalue weighted by Gasteiger charge is 2.24. The van der Waals surface area contributed by atoms with E-state index in [2.05, 4.69) is 191 Å². The van der Waals surface area contributed by atoms with E-state index in [1.165, 1.54) is 69.6 Å². The van der Waals surface area contributed by atoms with E-state index in [-0.39, 0.29) is 0 Å². The molecular weight excluding hydrogens is 613 g/mol. The number of hydrogen-bond acceptors (Lipinski definition) is 2. The summed E-state index contributed by atoms with van der Waals surface area (Å²) in [5.74, 6) is 0. The molecule has 0 saturated heterocycles. The van der Waals surface area contributed by atoms with Crippen LogP contribution in [0.4, 0.5) is 17.1 Å². The molecule has 10 rings (SSSR count). The Balaban J connectivity index is 1.32. The monoisotopic (exact) mass is 642 g/mol. The molecule has 2 aromatic heterocycles. The van der Waals surface area contributed by atoms with Crippen molar-refractivity contribution >= 4 is 81.1 Å². The van der Waals surface area contributed by atoms with E-state index in [4.69, 9.17) is 0 Å². The van der Waals surface area contributed by atoms with Crippen molar-refractivity contribution in [3.63, 3.8) is 0 Å². The van der Waals surface area contributed by atoms with Crippen molar-refractivity contribution < 1.29 is 0 Å². The lowest BCUT2D eigenvalue weighted by molar-refractivity contribution is 1.18. The van der Waals surface area contributed by atoms with Crippen molar-refractivity contribution in [3.8, 4) is 16.8 Å². The van der Waals surface area contributed by atoms with E-state index in [9.17, 15) is 0 Å². The largest absolute Gasteiger partial charge is 0.309 e. The van der Waals surface area contributed by atoms with Gasteiger partial charge in [0.15, 0.2) is 0 Å². The molecule has 0 aliphatic heterocycles. The number of para-hydroxylation sites is 2. The number of nitrogens with zero attached hydrogens (tertiary/aromatic N) is 2. The van der Waals surface area contributed by atoms with Crippen LogP contribution in [-0.4, -0.2) is 4.57 Å². The van der Waals surface area contributed by atoms with Gasteiger partial charge in [0, 0.05) is 42.3 Å². The molecule has 0 aliphatic rings. The van der Waals surface area contributed by atoms with E-state index < -0.39 is 0 Å². The molecule has 10 aromatic rings. The van der Waals surface area contributed by atoms with Crippen molar-refractivity contribution in [2.75, 3.05) is 4.90 Å². The van der Waals surface area contributed by atoms with Gasteiger partial charge in [-0.3, -0.25) is 0 Å². The lowest BCUT2D eigenvalue weighted by atomic mass is 10.0. The van der Waals surface area contributed by atoms with Gasteiger partial charge < -0.3 is 9.47 Å². The summed E-state index contributed by atoms with van der Waals surface area (Å²) in [5.41, 5.74) is 9.38. The minimum Gasteiger partial charge on any atom is -0.309 e. The highest BCUT2D eigenvalue weighted by atomic mass is 32.1. The molecule has 230 valence electrons. The van der Waals surface area contributed by atoms with Gasteiger partial charge in [0.1, 0.15) is 0 Å². The second-order valence-corrected chi connectivity index (χ2v) is 13.6. The Labute approximate surface area is 288 Å². The van der Waals surface area contributed by atoms with Gasteiger partial charge in [-0.2, -0.15) is 0 Å². The highest BCUT2D eigenvalue weighted by Crippen LogP contribution is 2.49. The standard InChI is InChI=1S/C46H30N2S/c1-3-14-31(15-4-1)33-17-11-20-35(30-33)48(42-26-13-27-43-45(42)38-29-28-32-16-7-8-21-36(32)46(38)49-43)41-25-12-24-40-44(41)37-22-9-10-23-39(37)47(40)34-18-5-2-6-19-34/h1-30H. The number of rotatable bonds is 5. The van der Waals surface area contributed by atoms with Crippen molar-refractivity contribution in [2.24, 2.45) is 0 Å². The fourth-order valence-electron chi connectivity index (χ4n) is 7.63. The molecule has 49 heavy (non-hydrogen) atoms. The van der Waals surface area contributed by atoms with Gasteiger partial charge in [-0.15, -0.1) is 11.3 Å². The van der Waals surface area contributed by atoms with Crippen LogP contribution in [0.2, 0.25) is 0 Å². The van der Waals surface area contributed by atoms with Crippen LogP contribution in [0.25, 0.3) is 69.6 Å². The molecule has 2 heterocycles. The maximum atomic E-state index is 2.50. The molecule has 0 amide bonds. The number of hydrogen-bond donors (Lipinski definition) is 0. The van der Waals surface area contributed by atoms with Gasteiger partial charge in [-0.1, -0.05) is 127 Å². The van der Waals surface area contributed by atoms with Gasteiger partial charge in [0.05, 0.1) is 22.4 Å². The van der Waals surface area contributed by atoms with Crippen LogP contribution in [0, 0.1) is 0 Å². The highest BCUT2D eigenvalue weighted by molar-refractivity contribution is 7.26. The van der Waals surface area contributed by atoms with E-state index in [1.54, 1.807) is 0 Å². The zero-order chi connectivity index (χ0) is 32.3. The third kappa shape index (κ3) is 4.40. The number of thiophene rings is 1. The summed E-state index contributed by atoms with van der Waals surface area (Å²) in [6.45, 7) is 0. The molecule has 0 unspecified atom stereocenters. The summed E-state index contributed by atoms with van der Waals surface area (Å²) in [6.07, 6.45) is 0. The third-order valence-electron chi connectivity index (χ3n) is 9.75. The Morgan fingerprint density at radius 2 is 1.08 bits per heavy atom. The zero-order valence-electron chi connectivity index (χ0n) is 26.6. The first-order chi connectivity index (χ1) is 24.3. The molecule has 0 aliphatic carbocycles. The first-order valence-electron chi connectivity index (χ1n) is 16.7. The van der Waals surface area contributed by atoms with Crippen molar-refractivity contribution in [3.05, 3.63) is 182 Å². The Morgan fingerprint density at radius 3 is 1.94 bits per heavy atom. The number of anilines is 3. The van der Waals surface area contributed by atoms with Gasteiger partial charge >= 0.3 is 0 Å². The molecule has 3 heteroatoms. The van der Waals surface area contributed by atoms with Crippen LogP contribution < -0.4 is 4.90 Å². The minimum atomic E-state index is 1.12. The van der Waals surface area contributed by atoms with E-state index in [1.807, 2.05) is 11.3 Å². The first kappa shape index (κ1) is 27.9. The van der Waals surface area contributed by atoms with Gasteiger partial charge in [-0.25, -0.2) is 0 Å². The molecule has 0 fully saturated rings. The molecule has 0 N–H and O–H groups in total. The summed E-state index contributed by atoms with van der Waals surface area (Å²) in [6, 6.07) is 66.1. The molecule has 0 spiro atoms. The normalized spacial score (nSPS) is 11.7. The molecule has 0 atom stereocenters. The number of aromatic nitrogens is 1. The van der Waals surface area contributed by atoms with E-state index >= 15 is 0 Å². The summed E-state index contributed by atoms with van der Waals surface area (Å²) < 4.78 is 5.02. The van der Waals surface area contributed by atoms with Crippen LogP contribution in [0.5, 0.6) is 0 Å². The fraction of sp³-hybridized carbons (Fsp3) is 0. The van der Waals surface area contributed by atoms with E-state index in [0.29, 0.717) is 0 Å². The maximum absolute atomic E-state index is 2.50. The molecule has 0 saturated carbocycles.